The monoisotopic (exact) mass is 532 g/mol. The first-order valence-corrected chi connectivity index (χ1v) is 13.9. The number of aromatic nitrogens is 2. The van der Waals surface area contributed by atoms with Gasteiger partial charge in [-0.2, -0.15) is 0 Å². The maximum absolute atomic E-state index is 13.9. The lowest BCUT2D eigenvalue weighted by atomic mass is 9.84. The molecule has 3 heterocycles. The molecule has 1 aliphatic carbocycles. The SMILES string of the molecule is O=C(CCNCC1COc2ccccc2O1)N1CCc2nc(C3CCC3)n(-c3ccccc3)c(=O)c2C1S. The lowest BCUT2D eigenvalue weighted by Crippen LogP contribution is -2.44. The molecule has 2 aromatic carbocycles. The average Bonchev–Trinajstić information content (AvgIpc) is 2.90. The molecular formula is C29H32N4O4S. The third-order valence-corrected chi connectivity index (χ3v) is 8.16. The van der Waals surface area contributed by atoms with Crippen molar-refractivity contribution >= 4 is 18.5 Å². The first-order chi connectivity index (χ1) is 18.6. The number of benzene rings is 2. The van der Waals surface area contributed by atoms with Crippen LogP contribution in [0.5, 0.6) is 11.5 Å². The van der Waals surface area contributed by atoms with Crippen LogP contribution in [-0.4, -0.2) is 52.7 Å². The molecule has 0 radical (unpaired) electrons. The number of nitrogens with one attached hydrogen (secondary N) is 1. The van der Waals surface area contributed by atoms with E-state index in [1.54, 1.807) is 9.47 Å². The van der Waals surface area contributed by atoms with E-state index in [1.165, 1.54) is 0 Å². The number of carbonyl (C=O) groups excluding carboxylic acids is 1. The van der Waals surface area contributed by atoms with Crippen molar-refractivity contribution in [2.75, 3.05) is 26.2 Å². The minimum atomic E-state index is -0.622. The quantitative estimate of drug-likeness (QED) is 0.357. The highest BCUT2D eigenvalue weighted by Crippen LogP contribution is 2.38. The van der Waals surface area contributed by atoms with Crippen molar-refractivity contribution in [2.24, 2.45) is 0 Å². The lowest BCUT2D eigenvalue weighted by molar-refractivity contribution is -0.132. The maximum Gasteiger partial charge on any atom is 0.264 e. The summed E-state index contributed by atoms with van der Waals surface area (Å²) in [5, 5.41) is 2.69. The first-order valence-electron chi connectivity index (χ1n) is 13.4. The van der Waals surface area contributed by atoms with Gasteiger partial charge in [0, 0.05) is 38.4 Å². The number of hydrogen-bond donors (Lipinski definition) is 2. The Morgan fingerprint density at radius 1 is 1.08 bits per heavy atom. The summed E-state index contributed by atoms with van der Waals surface area (Å²) >= 11 is 4.78. The third-order valence-electron chi connectivity index (χ3n) is 7.63. The number of hydrogen-bond acceptors (Lipinski definition) is 7. The van der Waals surface area contributed by atoms with Crippen molar-refractivity contribution in [1.29, 1.82) is 0 Å². The Hall–Kier alpha value is -3.30. The maximum atomic E-state index is 13.9. The highest BCUT2D eigenvalue weighted by atomic mass is 32.1. The molecule has 1 saturated carbocycles. The predicted molar refractivity (Wildman–Crippen MR) is 147 cm³/mol. The van der Waals surface area contributed by atoms with E-state index in [9.17, 15) is 9.59 Å². The number of fused-ring (bicyclic) bond motifs is 2. The van der Waals surface area contributed by atoms with Crippen LogP contribution in [0.25, 0.3) is 5.69 Å². The van der Waals surface area contributed by atoms with Gasteiger partial charge in [-0.3, -0.25) is 14.2 Å². The molecule has 0 saturated heterocycles. The van der Waals surface area contributed by atoms with Gasteiger partial charge in [-0.1, -0.05) is 36.8 Å². The van der Waals surface area contributed by atoms with Crippen LogP contribution in [-0.2, 0) is 11.2 Å². The predicted octanol–water partition coefficient (Wildman–Crippen LogP) is 3.63. The molecule has 2 atom stereocenters. The highest BCUT2D eigenvalue weighted by molar-refractivity contribution is 7.80. The van der Waals surface area contributed by atoms with Gasteiger partial charge in [0.2, 0.25) is 5.91 Å². The van der Waals surface area contributed by atoms with Gasteiger partial charge < -0.3 is 19.7 Å². The van der Waals surface area contributed by atoms with E-state index < -0.39 is 5.37 Å². The van der Waals surface area contributed by atoms with Crippen LogP contribution < -0.4 is 20.3 Å². The number of thiol groups is 1. The van der Waals surface area contributed by atoms with Crippen molar-refractivity contribution in [3.05, 3.63) is 82.0 Å². The summed E-state index contributed by atoms with van der Waals surface area (Å²) in [6, 6.07) is 17.3. The number of ether oxygens (including phenoxy) is 2. The van der Waals surface area contributed by atoms with Crippen LogP contribution >= 0.6 is 12.6 Å². The van der Waals surface area contributed by atoms with E-state index in [4.69, 9.17) is 27.1 Å². The standard InChI is InChI=1S/C29H32N4O4S/c34-25(13-15-30-17-21-18-36-23-11-4-5-12-24(23)37-21)32-16-14-22-26(29(32)38)28(35)33(20-9-2-1-3-10-20)27(31-22)19-7-6-8-19/h1-5,9-12,19,21,29-30,38H,6-8,13-18H2. The Balaban J connectivity index is 1.12. The minimum Gasteiger partial charge on any atom is -0.486 e. The van der Waals surface area contributed by atoms with Crippen molar-refractivity contribution in [1.82, 2.24) is 19.8 Å². The van der Waals surface area contributed by atoms with Gasteiger partial charge in [-0.15, -0.1) is 12.6 Å². The fourth-order valence-corrected chi connectivity index (χ4v) is 5.85. The van der Waals surface area contributed by atoms with Gasteiger partial charge in [-0.25, -0.2) is 4.98 Å². The molecule has 3 aliphatic rings. The van der Waals surface area contributed by atoms with E-state index >= 15 is 0 Å². The molecule has 1 amide bonds. The van der Waals surface area contributed by atoms with E-state index in [-0.39, 0.29) is 17.6 Å². The van der Waals surface area contributed by atoms with Crippen LogP contribution in [0.2, 0.25) is 0 Å². The van der Waals surface area contributed by atoms with Crippen molar-refractivity contribution in [3.8, 4) is 17.2 Å². The summed E-state index contributed by atoms with van der Waals surface area (Å²) < 4.78 is 13.5. The van der Waals surface area contributed by atoms with Crippen molar-refractivity contribution < 1.29 is 14.3 Å². The van der Waals surface area contributed by atoms with Gasteiger partial charge in [0.25, 0.3) is 5.56 Å². The second-order valence-electron chi connectivity index (χ2n) is 10.1. The Morgan fingerprint density at radius 3 is 2.61 bits per heavy atom. The summed E-state index contributed by atoms with van der Waals surface area (Å²) in [7, 11) is 0. The zero-order valence-corrected chi connectivity index (χ0v) is 22.1. The molecule has 1 N–H and O–H groups in total. The van der Waals surface area contributed by atoms with E-state index in [0.717, 1.165) is 48.0 Å². The van der Waals surface area contributed by atoms with E-state index in [2.05, 4.69) is 5.32 Å². The average molecular weight is 533 g/mol. The fraction of sp³-hybridized carbons (Fsp3) is 0.414. The molecule has 8 nitrogen and oxygen atoms in total. The molecule has 9 heteroatoms. The lowest BCUT2D eigenvalue weighted by Gasteiger charge is -2.36. The summed E-state index contributed by atoms with van der Waals surface area (Å²) in [6.07, 6.45) is 3.99. The fourth-order valence-electron chi connectivity index (χ4n) is 5.34. The van der Waals surface area contributed by atoms with E-state index in [1.807, 2.05) is 54.6 Å². The zero-order valence-electron chi connectivity index (χ0n) is 21.2. The summed E-state index contributed by atoms with van der Waals surface area (Å²) in [4.78, 5) is 33.8. The van der Waals surface area contributed by atoms with Gasteiger partial charge in [0.15, 0.2) is 11.5 Å². The largest absolute Gasteiger partial charge is 0.486 e. The molecule has 38 heavy (non-hydrogen) atoms. The van der Waals surface area contributed by atoms with Crippen LogP contribution in [0, 0.1) is 0 Å². The first kappa shape index (κ1) is 25.0. The Morgan fingerprint density at radius 2 is 1.84 bits per heavy atom. The molecule has 2 unspecified atom stereocenters. The van der Waals surface area contributed by atoms with Gasteiger partial charge in [0.05, 0.1) is 16.9 Å². The van der Waals surface area contributed by atoms with Crippen molar-refractivity contribution in [3.63, 3.8) is 0 Å². The molecule has 0 bridgehead atoms. The van der Waals surface area contributed by atoms with Gasteiger partial charge >= 0.3 is 0 Å². The summed E-state index contributed by atoms with van der Waals surface area (Å²) in [6.45, 7) is 2.03. The van der Waals surface area contributed by atoms with Gasteiger partial charge in [0.1, 0.15) is 23.9 Å². The molecule has 3 aromatic rings. The summed E-state index contributed by atoms with van der Waals surface area (Å²) in [5.41, 5.74) is 1.98. The second-order valence-corrected chi connectivity index (χ2v) is 10.6. The van der Waals surface area contributed by atoms with Gasteiger partial charge in [-0.05, 0) is 37.1 Å². The topological polar surface area (TPSA) is 85.7 Å². The molecule has 1 aromatic heterocycles. The Bertz CT molecular complexity index is 1370. The number of nitrogens with zero attached hydrogens (tertiary/aromatic N) is 3. The molecule has 198 valence electrons. The smallest absolute Gasteiger partial charge is 0.264 e. The molecule has 6 rings (SSSR count). The van der Waals surface area contributed by atoms with E-state index in [0.29, 0.717) is 50.6 Å². The zero-order chi connectivity index (χ0) is 26.1. The summed E-state index contributed by atoms with van der Waals surface area (Å²) in [5.74, 6) is 2.59. The number of rotatable bonds is 7. The van der Waals surface area contributed by atoms with Crippen LogP contribution in [0.4, 0.5) is 0 Å². The molecular weight excluding hydrogens is 500 g/mol. The normalized spacial score (nSPS) is 20.5. The molecule has 1 fully saturated rings. The molecule has 0 spiro atoms. The van der Waals surface area contributed by atoms with Crippen LogP contribution in [0.15, 0.2) is 59.4 Å². The number of amides is 1. The van der Waals surface area contributed by atoms with Crippen molar-refractivity contribution in [2.45, 2.75) is 49.5 Å². The second kappa shape index (κ2) is 10.8. The van der Waals surface area contributed by atoms with Crippen LogP contribution in [0.3, 0.4) is 0 Å². The molecule has 2 aliphatic heterocycles. The van der Waals surface area contributed by atoms with Crippen LogP contribution in [0.1, 0.15) is 54.1 Å². The minimum absolute atomic E-state index is 0.0389. The Kier molecular flexibility index (Phi) is 7.12. The third kappa shape index (κ3) is 4.80. The Labute approximate surface area is 227 Å². The number of para-hydroxylation sites is 3. The highest BCUT2D eigenvalue weighted by Gasteiger charge is 2.35. The number of carbonyl (C=O) groups is 1.